The third-order valence-electron chi connectivity index (χ3n) is 3.22. The molecule has 1 unspecified atom stereocenters. The number of esters is 1. The van der Waals surface area contributed by atoms with Crippen LogP contribution in [0.2, 0.25) is 0 Å². The Kier molecular flexibility index (Phi) is 6.64. The molecule has 0 aliphatic carbocycles. The van der Waals surface area contributed by atoms with Crippen molar-refractivity contribution >= 4 is 16.2 Å². The Labute approximate surface area is 121 Å². The summed E-state index contributed by atoms with van der Waals surface area (Å²) in [4.78, 5) is 11.5. The van der Waals surface area contributed by atoms with Crippen LogP contribution in [0.5, 0.6) is 0 Å². The molecule has 0 amide bonds. The quantitative estimate of drug-likeness (QED) is 0.520. The maximum Gasteiger partial charge on any atom is 0.321 e. The highest BCUT2D eigenvalue weighted by molar-refractivity contribution is 7.86. The first-order chi connectivity index (χ1) is 9.41. The summed E-state index contributed by atoms with van der Waals surface area (Å²) in [6, 6.07) is 0. The molecule has 1 aliphatic rings. The minimum Gasteiger partial charge on any atom is -0.465 e. The molecule has 0 radical (unpaired) electrons. The summed E-state index contributed by atoms with van der Waals surface area (Å²) in [5.41, 5.74) is 0. The van der Waals surface area contributed by atoms with Crippen LogP contribution in [0, 0.1) is 5.92 Å². The van der Waals surface area contributed by atoms with Crippen LogP contribution in [0.1, 0.15) is 26.7 Å². The first kappa shape index (κ1) is 17.1. The Balaban J connectivity index is 2.82. The lowest BCUT2D eigenvalue weighted by Crippen LogP contribution is -2.49. The highest BCUT2D eigenvalue weighted by Crippen LogP contribution is 2.20. The van der Waals surface area contributed by atoms with Gasteiger partial charge in [-0.1, -0.05) is 13.0 Å². The number of nitrogens with zero attached hydrogens (tertiary/aromatic N) is 2. The summed E-state index contributed by atoms with van der Waals surface area (Å²) in [6.45, 7) is 8.35. The van der Waals surface area contributed by atoms with Gasteiger partial charge in [0.2, 0.25) is 0 Å². The van der Waals surface area contributed by atoms with Crippen molar-refractivity contribution in [2.24, 2.45) is 5.92 Å². The van der Waals surface area contributed by atoms with Gasteiger partial charge in [-0.05, 0) is 25.7 Å². The Morgan fingerprint density at radius 2 is 2.25 bits per heavy atom. The van der Waals surface area contributed by atoms with Gasteiger partial charge in [-0.15, -0.1) is 6.58 Å². The molecule has 1 fully saturated rings. The number of carbonyl (C=O) groups excluding carboxylic acids is 1. The van der Waals surface area contributed by atoms with Crippen molar-refractivity contribution in [3.63, 3.8) is 0 Å². The van der Waals surface area contributed by atoms with Crippen molar-refractivity contribution < 1.29 is 17.9 Å². The summed E-state index contributed by atoms with van der Waals surface area (Å²) < 4.78 is 32.5. The molecule has 0 N–H and O–H groups in total. The van der Waals surface area contributed by atoms with E-state index in [2.05, 4.69) is 6.58 Å². The van der Waals surface area contributed by atoms with E-state index in [1.54, 1.807) is 6.92 Å². The Morgan fingerprint density at radius 3 is 2.80 bits per heavy atom. The number of carbonyl (C=O) groups is 1. The topological polar surface area (TPSA) is 66.9 Å². The van der Waals surface area contributed by atoms with Crippen LogP contribution in [0.4, 0.5) is 0 Å². The van der Waals surface area contributed by atoms with Crippen LogP contribution in [0.15, 0.2) is 12.7 Å². The summed E-state index contributed by atoms with van der Waals surface area (Å²) in [5.74, 6) is -0.199. The Morgan fingerprint density at radius 1 is 1.55 bits per heavy atom. The molecular formula is C13H24N2O4S. The van der Waals surface area contributed by atoms with Crippen molar-refractivity contribution in [1.29, 1.82) is 0 Å². The minimum atomic E-state index is -3.64. The van der Waals surface area contributed by atoms with Crippen molar-refractivity contribution in [3.8, 4) is 0 Å². The molecule has 1 rings (SSSR count). The van der Waals surface area contributed by atoms with Gasteiger partial charge in [-0.25, -0.2) is 0 Å². The van der Waals surface area contributed by atoms with E-state index in [-0.39, 0.29) is 19.7 Å². The average Bonchev–Trinajstić information content (AvgIpc) is 2.38. The second-order valence-corrected chi connectivity index (χ2v) is 6.93. The number of ether oxygens (including phenoxy) is 1. The average molecular weight is 304 g/mol. The summed E-state index contributed by atoms with van der Waals surface area (Å²) in [6.07, 6.45) is 3.36. The molecule has 6 nitrogen and oxygen atoms in total. The number of hydrogen-bond acceptors (Lipinski definition) is 4. The van der Waals surface area contributed by atoms with Crippen LogP contribution in [-0.4, -0.2) is 55.8 Å². The maximum absolute atomic E-state index is 12.6. The van der Waals surface area contributed by atoms with Crippen LogP contribution in [0.25, 0.3) is 0 Å². The molecule has 0 aromatic carbocycles. The monoisotopic (exact) mass is 304 g/mol. The largest absolute Gasteiger partial charge is 0.465 e. The molecule has 1 aliphatic heterocycles. The summed E-state index contributed by atoms with van der Waals surface area (Å²) >= 11 is 0. The third kappa shape index (κ3) is 4.57. The van der Waals surface area contributed by atoms with E-state index in [1.165, 1.54) is 10.4 Å². The van der Waals surface area contributed by atoms with Gasteiger partial charge in [-0.2, -0.15) is 17.0 Å². The normalized spacial score (nSPS) is 20.9. The smallest absolute Gasteiger partial charge is 0.321 e. The van der Waals surface area contributed by atoms with Gasteiger partial charge in [0.15, 0.2) is 0 Å². The molecule has 116 valence electrons. The molecule has 0 saturated carbocycles. The van der Waals surface area contributed by atoms with Gasteiger partial charge >= 0.3 is 5.97 Å². The van der Waals surface area contributed by atoms with E-state index < -0.39 is 16.2 Å². The van der Waals surface area contributed by atoms with Crippen molar-refractivity contribution in [1.82, 2.24) is 8.61 Å². The van der Waals surface area contributed by atoms with Gasteiger partial charge < -0.3 is 4.74 Å². The third-order valence-corrected chi connectivity index (χ3v) is 5.13. The fourth-order valence-electron chi connectivity index (χ4n) is 2.25. The van der Waals surface area contributed by atoms with Gasteiger partial charge in [-0.3, -0.25) is 4.79 Å². The van der Waals surface area contributed by atoms with E-state index >= 15 is 0 Å². The first-order valence-corrected chi connectivity index (χ1v) is 8.33. The SMILES string of the molecule is C=CCN(CC(=O)OCC)S(=O)(=O)N1CCCC(C)C1. The van der Waals surface area contributed by atoms with E-state index in [0.717, 1.165) is 17.1 Å². The van der Waals surface area contributed by atoms with E-state index in [1.807, 2.05) is 6.92 Å². The van der Waals surface area contributed by atoms with E-state index in [9.17, 15) is 13.2 Å². The highest BCUT2D eigenvalue weighted by Gasteiger charge is 2.33. The standard InChI is InChI=1S/C13H24N2O4S/c1-4-8-14(11-13(16)19-5-2)20(17,18)15-9-6-7-12(3)10-15/h4,12H,1,5-11H2,2-3H3. The highest BCUT2D eigenvalue weighted by atomic mass is 32.2. The van der Waals surface area contributed by atoms with Crippen molar-refractivity contribution in [2.75, 3.05) is 32.8 Å². The fraction of sp³-hybridized carbons (Fsp3) is 0.769. The zero-order valence-electron chi connectivity index (χ0n) is 12.2. The second kappa shape index (κ2) is 7.75. The maximum atomic E-state index is 12.6. The predicted octanol–water partition coefficient (Wildman–Crippen LogP) is 1.01. The first-order valence-electron chi connectivity index (χ1n) is 6.93. The Hall–Kier alpha value is -0.920. The lowest BCUT2D eigenvalue weighted by atomic mass is 10.0. The second-order valence-electron chi connectivity index (χ2n) is 5.00. The lowest BCUT2D eigenvalue weighted by Gasteiger charge is -2.33. The lowest BCUT2D eigenvalue weighted by molar-refractivity contribution is -0.143. The van der Waals surface area contributed by atoms with Crippen LogP contribution in [0.3, 0.4) is 0 Å². The number of rotatable bonds is 7. The molecule has 0 spiro atoms. The molecule has 1 atom stereocenters. The zero-order valence-corrected chi connectivity index (χ0v) is 13.1. The zero-order chi connectivity index (χ0) is 15.2. The predicted molar refractivity (Wildman–Crippen MR) is 77.3 cm³/mol. The van der Waals surface area contributed by atoms with E-state index in [4.69, 9.17) is 4.74 Å². The molecule has 0 aromatic rings. The van der Waals surface area contributed by atoms with Crippen molar-refractivity contribution in [3.05, 3.63) is 12.7 Å². The molecule has 1 heterocycles. The van der Waals surface area contributed by atoms with Gasteiger partial charge in [0.25, 0.3) is 10.2 Å². The van der Waals surface area contributed by atoms with Crippen LogP contribution in [-0.2, 0) is 19.7 Å². The molecule has 20 heavy (non-hydrogen) atoms. The molecule has 0 aromatic heterocycles. The van der Waals surface area contributed by atoms with Gasteiger partial charge in [0, 0.05) is 19.6 Å². The molecule has 0 bridgehead atoms. The Bertz CT molecular complexity index is 436. The molecular weight excluding hydrogens is 280 g/mol. The van der Waals surface area contributed by atoms with Crippen LogP contribution < -0.4 is 0 Å². The van der Waals surface area contributed by atoms with Crippen molar-refractivity contribution in [2.45, 2.75) is 26.7 Å². The fourth-order valence-corrected chi connectivity index (χ4v) is 3.95. The summed E-state index contributed by atoms with van der Waals surface area (Å²) in [5, 5.41) is 0. The molecule has 7 heteroatoms. The molecule has 1 saturated heterocycles. The van der Waals surface area contributed by atoms with Gasteiger partial charge in [0.1, 0.15) is 6.54 Å². The summed E-state index contributed by atoms with van der Waals surface area (Å²) in [7, 11) is -3.64. The van der Waals surface area contributed by atoms with E-state index in [0.29, 0.717) is 19.0 Å². The number of hydrogen-bond donors (Lipinski definition) is 0. The minimum absolute atomic E-state index is 0.103. The number of piperidine rings is 1. The van der Waals surface area contributed by atoms with Gasteiger partial charge in [0.05, 0.1) is 6.61 Å². The van der Waals surface area contributed by atoms with Crippen LogP contribution >= 0.6 is 0 Å².